The number of rotatable bonds is 2. The molecule has 0 unspecified atom stereocenters. The van der Waals surface area contributed by atoms with E-state index in [-0.39, 0.29) is 5.60 Å². The molecule has 0 saturated heterocycles. The highest BCUT2D eigenvalue weighted by Gasteiger charge is 2.11. The van der Waals surface area contributed by atoms with E-state index in [0.717, 1.165) is 11.6 Å². The molecule has 0 spiro atoms. The van der Waals surface area contributed by atoms with Gasteiger partial charge in [0.05, 0.1) is 0 Å². The van der Waals surface area contributed by atoms with Gasteiger partial charge in [-0.1, -0.05) is 0 Å². The molecular weight excluding hydrogens is 164 g/mol. The molecule has 1 aromatic rings. The third-order valence-electron chi connectivity index (χ3n) is 1.41. The molecular formula is C10H16N2O. The van der Waals surface area contributed by atoms with E-state index >= 15 is 0 Å². The van der Waals surface area contributed by atoms with E-state index in [1.807, 2.05) is 40.0 Å². The van der Waals surface area contributed by atoms with Crippen LogP contribution in [-0.2, 0) is 0 Å². The van der Waals surface area contributed by atoms with Gasteiger partial charge in [-0.25, -0.2) is 4.98 Å². The highest BCUT2D eigenvalue weighted by Crippen LogP contribution is 2.19. The third-order valence-corrected chi connectivity index (χ3v) is 1.41. The van der Waals surface area contributed by atoms with Crippen molar-refractivity contribution in [2.45, 2.75) is 26.4 Å². The molecule has 0 aliphatic heterocycles. The van der Waals surface area contributed by atoms with Gasteiger partial charge in [-0.05, 0) is 26.8 Å². The fourth-order valence-corrected chi connectivity index (χ4v) is 0.965. The van der Waals surface area contributed by atoms with Gasteiger partial charge in [-0.2, -0.15) is 0 Å². The molecule has 0 atom stereocenters. The summed E-state index contributed by atoms with van der Waals surface area (Å²) in [6.07, 6.45) is 1.73. The van der Waals surface area contributed by atoms with Crippen LogP contribution >= 0.6 is 0 Å². The molecule has 1 heterocycles. The average Bonchev–Trinajstić information content (AvgIpc) is 2.01. The van der Waals surface area contributed by atoms with Crippen molar-refractivity contribution in [3.8, 4) is 5.75 Å². The predicted molar refractivity (Wildman–Crippen MR) is 54.2 cm³/mol. The van der Waals surface area contributed by atoms with Crippen LogP contribution in [0.25, 0.3) is 0 Å². The first-order chi connectivity index (χ1) is 6.01. The fourth-order valence-electron chi connectivity index (χ4n) is 0.965. The SMILES string of the molecule is CNc1cc(OC(C)(C)C)ccn1. The van der Waals surface area contributed by atoms with E-state index < -0.39 is 0 Å². The Bertz CT molecular complexity index is 278. The molecule has 1 aromatic heterocycles. The van der Waals surface area contributed by atoms with Crippen LogP contribution < -0.4 is 10.1 Å². The Hall–Kier alpha value is -1.25. The molecule has 0 bridgehead atoms. The number of anilines is 1. The van der Waals surface area contributed by atoms with Crippen LogP contribution in [-0.4, -0.2) is 17.6 Å². The summed E-state index contributed by atoms with van der Waals surface area (Å²) < 4.78 is 5.66. The Kier molecular flexibility index (Phi) is 2.76. The van der Waals surface area contributed by atoms with Crippen LogP contribution in [0, 0.1) is 0 Å². The summed E-state index contributed by atoms with van der Waals surface area (Å²) in [7, 11) is 1.84. The highest BCUT2D eigenvalue weighted by atomic mass is 16.5. The molecule has 1 rings (SSSR count). The summed E-state index contributed by atoms with van der Waals surface area (Å²) in [6, 6.07) is 3.73. The van der Waals surface area contributed by atoms with Crippen LogP contribution in [0.5, 0.6) is 5.75 Å². The zero-order valence-corrected chi connectivity index (χ0v) is 8.59. The summed E-state index contributed by atoms with van der Waals surface area (Å²) >= 11 is 0. The highest BCUT2D eigenvalue weighted by molar-refractivity contribution is 5.39. The van der Waals surface area contributed by atoms with Crippen molar-refractivity contribution in [3.63, 3.8) is 0 Å². The molecule has 3 nitrogen and oxygen atoms in total. The summed E-state index contributed by atoms with van der Waals surface area (Å²) in [5.41, 5.74) is -0.160. The lowest BCUT2D eigenvalue weighted by Crippen LogP contribution is -2.22. The summed E-state index contributed by atoms with van der Waals surface area (Å²) in [4.78, 5) is 4.10. The lowest BCUT2D eigenvalue weighted by atomic mass is 10.2. The van der Waals surface area contributed by atoms with Gasteiger partial charge in [0, 0.05) is 19.3 Å². The van der Waals surface area contributed by atoms with Crippen LogP contribution in [0.1, 0.15) is 20.8 Å². The number of hydrogen-bond acceptors (Lipinski definition) is 3. The first-order valence-corrected chi connectivity index (χ1v) is 4.34. The van der Waals surface area contributed by atoms with E-state index in [0.29, 0.717) is 0 Å². The zero-order valence-electron chi connectivity index (χ0n) is 8.59. The number of hydrogen-bond donors (Lipinski definition) is 1. The Balaban J connectivity index is 2.78. The molecule has 0 aliphatic rings. The second-order valence-electron chi connectivity index (χ2n) is 3.84. The number of aromatic nitrogens is 1. The average molecular weight is 180 g/mol. The molecule has 13 heavy (non-hydrogen) atoms. The predicted octanol–water partition coefficient (Wildman–Crippen LogP) is 2.30. The van der Waals surface area contributed by atoms with E-state index in [1.54, 1.807) is 6.20 Å². The lowest BCUT2D eigenvalue weighted by Gasteiger charge is -2.21. The van der Waals surface area contributed by atoms with Crippen LogP contribution in [0.15, 0.2) is 18.3 Å². The second-order valence-corrected chi connectivity index (χ2v) is 3.84. The quantitative estimate of drug-likeness (QED) is 0.758. The van der Waals surface area contributed by atoms with Gasteiger partial charge in [0.15, 0.2) is 0 Å². The van der Waals surface area contributed by atoms with E-state index in [2.05, 4.69) is 10.3 Å². The first kappa shape index (κ1) is 9.84. The summed E-state index contributed by atoms with van der Waals surface area (Å²) in [6.45, 7) is 6.06. The number of nitrogens with one attached hydrogen (secondary N) is 1. The van der Waals surface area contributed by atoms with Gasteiger partial charge in [-0.3, -0.25) is 0 Å². The molecule has 3 heteroatoms. The summed E-state index contributed by atoms with van der Waals surface area (Å²) in [5.74, 6) is 1.66. The molecule has 0 fully saturated rings. The van der Waals surface area contributed by atoms with Gasteiger partial charge in [0.2, 0.25) is 0 Å². The molecule has 0 radical (unpaired) electrons. The van der Waals surface area contributed by atoms with E-state index in [9.17, 15) is 0 Å². The number of nitrogens with zero attached hydrogens (tertiary/aromatic N) is 1. The van der Waals surface area contributed by atoms with Crippen molar-refractivity contribution < 1.29 is 4.74 Å². The van der Waals surface area contributed by atoms with E-state index in [4.69, 9.17) is 4.74 Å². The van der Waals surface area contributed by atoms with Crippen molar-refractivity contribution in [1.82, 2.24) is 4.98 Å². The second kappa shape index (κ2) is 3.64. The maximum absolute atomic E-state index is 5.66. The van der Waals surface area contributed by atoms with Crippen molar-refractivity contribution in [2.75, 3.05) is 12.4 Å². The fraction of sp³-hybridized carbons (Fsp3) is 0.500. The van der Waals surface area contributed by atoms with Gasteiger partial charge in [-0.15, -0.1) is 0 Å². The summed E-state index contributed by atoms with van der Waals surface area (Å²) in [5, 5.41) is 2.96. The normalized spacial score (nSPS) is 11.1. The minimum Gasteiger partial charge on any atom is -0.488 e. The first-order valence-electron chi connectivity index (χ1n) is 4.34. The number of pyridine rings is 1. The van der Waals surface area contributed by atoms with Crippen molar-refractivity contribution in [3.05, 3.63) is 18.3 Å². The standard InChI is InChI=1S/C10H16N2O/c1-10(2,3)13-8-5-6-12-9(7-8)11-4/h5-7H,1-4H3,(H,11,12). The van der Waals surface area contributed by atoms with Gasteiger partial charge in [0.25, 0.3) is 0 Å². The smallest absolute Gasteiger partial charge is 0.129 e. The molecule has 1 N–H and O–H groups in total. The third kappa shape index (κ3) is 3.32. The van der Waals surface area contributed by atoms with Crippen LogP contribution in [0.2, 0.25) is 0 Å². The zero-order chi connectivity index (χ0) is 9.90. The molecule has 0 amide bonds. The monoisotopic (exact) mass is 180 g/mol. The topological polar surface area (TPSA) is 34.1 Å². The van der Waals surface area contributed by atoms with Crippen molar-refractivity contribution in [1.29, 1.82) is 0 Å². The Labute approximate surface area is 79.1 Å². The largest absolute Gasteiger partial charge is 0.488 e. The molecule has 72 valence electrons. The molecule has 0 aliphatic carbocycles. The maximum Gasteiger partial charge on any atom is 0.129 e. The molecule has 0 saturated carbocycles. The van der Waals surface area contributed by atoms with Gasteiger partial charge < -0.3 is 10.1 Å². The lowest BCUT2D eigenvalue weighted by molar-refractivity contribution is 0.131. The minimum absolute atomic E-state index is 0.160. The Morgan fingerprint density at radius 3 is 2.62 bits per heavy atom. The van der Waals surface area contributed by atoms with Crippen molar-refractivity contribution >= 4 is 5.82 Å². The Morgan fingerprint density at radius 1 is 1.38 bits per heavy atom. The molecule has 0 aromatic carbocycles. The number of ether oxygens (including phenoxy) is 1. The minimum atomic E-state index is -0.160. The van der Waals surface area contributed by atoms with Gasteiger partial charge in [0.1, 0.15) is 17.2 Å². The van der Waals surface area contributed by atoms with Crippen LogP contribution in [0.3, 0.4) is 0 Å². The van der Waals surface area contributed by atoms with Crippen molar-refractivity contribution in [2.24, 2.45) is 0 Å². The van der Waals surface area contributed by atoms with E-state index in [1.165, 1.54) is 0 Å². The van der Waals surface area contributed by atoms with Crippen LogP contribution in [0.4, 0.5) is 5.82 Å². The maximum atomic E-state index is 5.66. The van der Waals surface area contributed by atoms with Gasteiger partial charge >= 0.3 is 0 Å². The Morgan fingerprint density at radius 2 is 2.08 bits per heavy atom.